The minimum atomic E-state index is -4.59. The standard InChI is InChI=1S/C17H17F3N2O2/c1-10(21)15-12(7-11-5-3-2-4-6-11)8-13(17(18,19)20)9-14(15)22-16(23)24/h2-6,8-10,22H,7,21H2,1H3,(H,23,24)/t10-/m1/s1. The normalized spacial score (nSPS) is 12.7. The molecular formula is C17H17F3N2O2. The van der Waals surface area contributed by atoms with Crippen LogP contribution in [0.15, 0.2) is 42.5 Å². The van der Waals surface area contributed by atoms with Gasteiger partial charge in [-0.25, -0.2) is 4.79 Å². The molecule has 0 saturated carbocycles. The van der Waals surface area contributed by atoms with Crippen LogP contribution in [-0.2, 0) is 12.6 Å². The van der Waals surface area contributed by atoms with Crippen molar-refractivity contribution in [3.8, 4) is 0 Å². The Morgan fingerprint density at radius 1 is 1.25 bits per heavy atom. The summed E-state index contributed by atoms with van der Waals surface area (Å²) in [5.74, 6) is 0. The van der Waals surface area contributed by atoms with Crippen molar-refractivity contribution in [3.63, 3.8) is 0 Å². The van der Waals surface area contributed by atoms with Crippen LogP contribution < -0.4 is 11.1 Å². The van der Waals surface area contributed by atoms with Crippen LogP contribution in [0.2, 0.25) is 0 Å². The number of nitrogens with one attached hydrogen (secondary N) is 1. The van der Waals surface area contributed by atoms with Crippen molar-refractivity contribution in [2.75, 3.05) is 5.32 Å². The van der Waals surface area contributed by atoms with Gasteiger partial charge in [0.2, 0.25) is 0 Å². The lowest BCUT2D eigenvalue weighted by Crippen LogP contribution is -2.18. The lowest BCUT2D eigenvalue weighted by Gasteiger charge is -2.20. The van der Waals surface area contributed by atoms with Gasteiger partial charge in [-0.15, -0.1) is 0 Å². The summed E-state index contributed by atoms with van der Waals surface area (Å²) in [7, 11) is 0. The molecule has 0 fully saturated rings. The van der Waals surface area contributed by atoms with Crippen molar-refractivity contribution in [1.29, 1.82) is 0 Å². The number of carboxylic acid groups (broad SMARTS) is 1. The van der Waals surface area contributed by atoms with Gasteiger partial charge in [-0.1, -0.05) is 30.3 Å². The molecule has 0 unspecified atom stereocenters. The third-order valence-electron chi connectivity index (χ3n) is 3.53. The second-order valence-electron chi connectivity index (χ2n) is 5.48. The molecule has 0 aromatic heterocycles. The van der Waals surface area contributed by atoms with Gasteiger partial charge < -0.3 is 10.8 Å². The summed E-state index contributed by atoms with van der Waals surface area (Å²) in [6, 6.07) is 10.1. The zero-order valence-electron chi connectivity index (χ0n) is 12.9. The molecule has 0 aliphatic heterocycles. The summed E-state index contributed by atoms with van der Waals surface area (Å²) in [6.45, 7) is 1.60. The Kier molecular flexibility index (Phi) is 5.14. The van der Waals surface area contributed by atoms with Crippen LogP contribution in [0.25, 0.3) is 0 Å². The predicted octanol–water partition coefficient (Wildman–Crippen LogP) is 4.41. The lowest BCUT2D eigenvalue weighted by molar-refractivity contribution is -0.137. The number of anilines is 1. The molecule has 4 N–H and O–H groups in total. The Labute approximate surface area is 137 Å². The summed E-state index contributed by atoms with van der Waals surface area (Å²) >= 11 is 0. The molecule has 0 spiro atoms. The van der Waals surface area contributed by atoms with Crippen LogP contribution in [0.3, 0.4) is 0 Å². The molecule has 0 aliphatic rings. The van der Waals surface area contributed by atoms with E-state index in [-0.39, 0.29) is 12.1 Å². The van der Waals surface area contributed by atoms with E-state index in [2.05, 4.69) is 0 Å². The number of nitrogens with two attached hydrogens (primary N) is 1. The summed E-state index contributed by atoms with van der Waals surface area (Å²) < 4.78 is 39.5. The van der Waals surface area contributed by atoms with E-state index in [0.717, 1.165) is 17.7 Å². The fourth-order valence-electron chi connectivity index (χ4n) is 2.60. The van der Waals surface area contributed by atoms with E-state index in [1.54, 1.807) is 37.3 Å². The van der Waals surface area contributed by atoms with Crippen molar-refractivity contribution in [2.45, 2.75) is 25.6 Å². The quantitative estimate of drug-likeness (QED) is 0.773. The molecule has 2 rings (SSSR count). The van der Waals surface area contributed by atoms with Crippen molar-refractivity contribution < 1.29 is 23.1 Å². The molecule has 0 radical (unpaired) electrons. The first-order chi connectivity index (χ1) is 11.2. The fourth-order valence-corrected chi connectivity index (χ4v) is 2.60. The van der Waals surface area contributed by atoms with Gasteiger partial charge in [0, 0.05) is 11.7 Å². The molecule has 1 amide bonds. The largest absolute Gasteiger partial charge is 0.465 e. The van der Waals surface area contributed by atoms with Crippen molar-refractivity contribution in [3.05, 3.63) is 64.7 Å². The third-order valence-corrected chi connectivity index (χ3v) is 3.53. The number of benzene rings is 2. The van der Waals surface area contributed by atoms with E-state index in [1.165, 1.54) is 0 Å². The molecule has 0 heterocycles. The van der Waals surface area contributed by atoms with Gasteiger partial charge in [-0.2, -0.15) is 13.2 Å². The number of rotatable bonds is 4. The Bertz CT molecular complexity index is 729. The number of halogens is 3. The maximum atomic E-state index is 13.2. The number of amides is 1. The highest BCUT2D eigenvalue weighted by Crippen LogP contribution is 2.36. The van der Waals surface area contributed by atoms with E-state index in [1.807, 2.05) is 5.32 Å². The summed E-state index contributed by atoms with van der Waals surface area (Å²) in [6.07, 6.45) is -5.81. The molecule has 0 aliphatic carbocycles. The smallest absolute Gasteiger partial charge is 0.416 e. The maximum Gasteiger partial charge on any atom is 0.416 e. The van der Waals surface area contributed by atoms with Gasteiger partial charge in [0.25, 0.3) is 0 Å². The maximum absolute atomic E-state index is 13.2. The van der Waals surface area contributed by atoms with E-state index < -0.39 is 23.9 Å². The lowest BCUT2D eigenvalue weighted by atomic mass is 9.92. The highest BCUT2D eigenvalue weighted by molar-refractivity contribution is 5.85. The topological polar surface area (TPSA) is 75.3 Å². The molecule has 2 aromatic rings. The molecule has 24 heavy (non-hydrogen) atoms. The average molecular weight is 338 g/mol. The second kappa shape index (κ2) is 6.92. The Morgan fingerprint density at radius 3 is 2.38 bits per heavy atom. The van der Waals surface area contributed by atoms with Gasteiger partial charge in [-0.05, 0) is 42.2 Å². The molecule has 128 valence electrons. The molecular weight excluding hydrogens is 321 g/mol. The first kappa shape index (κ1) is 17.8. The number of hydrogen-bond acceptors (Lipinski definition) is 2. The molecule has 1 atom stereocenters. The highest BCUT2D eigenvalue weighted by Gasteiger charge is 2.32. The molecule has 2 aromatic carbocycles. The van der Waals surface area contributed by atoms with E-state index in [4.69, 9.17) is 10.8 Å². The SMILES string of the molecule is C[C@@H](N)c1c(Cc2ccccc2)cc(C(F)(F)F)cc1NC(=O)O. The first-order valence-electron chi connectivity index (χ1n) is 7.22. The van der Waals surface area contributed by atoms with Crippen LogP contribution in [0.5, 0.6) is 0 Å². The van der Waals surface area contributed by atoms with Crippen molar-refractivity contribution >= 4 is 11.8 Å². The Hall–Kier alpha value is -2.54. The van der Waals surface area contributed by atoms with Gasteiger partial charge in [0.05, 0.1) is 5.56 Å². The Morgan fingerprint density at radius 2 is 1.88 bits per heavy atom. The molecule has 7 heteroatoms. The van der Waals surface area contributed by atoms with Crippen LogP contribution in [0.4, 0.5) is 23.7 Å². The van der Waals surface area contributed by atoms with Gasteiger partial charge in [0.15, 0.2) is 0 Å². The number of alkyl halides is 3. The molecule has 0 bridgehead atoms. The van der Waals surface area contributed by atoms with Crippen molar-refractivity contribution in [1.82, 2.24) is 0 Å². The third kappa shape index (κ3) is 4.26. The highest BCUT2D eigenvalue weighted by atomic mass is 19.4. The summed E-state index contributed by atoms with van der Waals surface area (Å²) in [5, 5.41) is 10.9. The van der Waals surface area contributed by atoms with E-state index in [9.17, 15) is 18.0 Å². The number of hydrogen-bond donors (Lipinski definition) is 3. The van der Waals surface area contributed by atoms with Gasteiger partial charge in [0.1, 0.15) is 0 Å². The first-order valence-corrected chi connectivity index (χ1v) is 7.22. The monoisotopic (exact) mass is 338 g/mol. The Balaban J connectivity index is 2.62. The summed E-state index contributed by atoms with van der Waals surface area (Å²) in [5.41, 5.74) is 6.34. The summed E-state index contributed by atoms with van der Waals surface area (Å²) in [4.78, 5) is 10.9. The minimum absolute atomic E-state index is 0.141. The zero-order valence-corrected chi connectivity index (χ0v) is 12.9. The van der Waals surface area contributed by atoms with E-state index >= 15 is 0 Å². The van der Waals surface area contributed by atoms with Gasteiger partial charge >= 0.3 is 12.3 Å². The average Bonchev–Trinajstić information content (AvgIpc) is 2.46. The van der Waals surface area contributed by atoms with E-state index in [0.29, 0.717) is 11.1 Å². The molecule has 0 saturated heterocycles. The van der Waals surface area contributed by atoms with Crippen LogP contribution >= 0.6 is 0 Å². The molecule has 4 nitrogen and oxygen atoms in total. The van der Waals surface area contributed by atoms with Crippen LogP contribution in [0, 0.1) is 0 Å². The number of carbonyl (C=O) groups is 1. The van der Waals surface area contributed by atoms with Gasteiger partial charge in [-0.3, -0.25) is 5.32 Å². The van der Waals surface area contributed by atoms with Crippen LogP contribution in [0.1, 0.15) is 35.2 Å². The predicted molar refractivity (Wildman–Crippen MR) is 84.9 cm³/mol. The van der Waals surface area contributed by atoms with Crippen molar-refractivity contribution in [2.24, 2.45) is 5.73 Å². The minimum Gasteiger partial charge on any atom is -0.465 e. The second-order valence-corrected chi connectivity index (χ2v) is 5.48. The van der Waals surface area contributed by atoms with Crippen LogP contribution in [-0.4, -0.2) is 11.2 Å². The fraction of sp³-hybridized carbons (Fsp3) is 0.235. The zero-order chi connectivity index (χ0) is 17.9.